The van der Waals surface area contributed by atoms with Crippen LogP contribution in [-0.4, -0.2) is 41.0 Å². The van der Waals surface area contributed by atoms with Crippen molar-refractivity contribution >= 4 is 61.5 Å². The highest BCUT2D eigenvalue weighted by atomic mass is 79.9. The molecule has 2 N–H and O–H groups in total. The molecule has 3 aromatic rings. The van der Waals surface area contributed by atoms with Crippen molar-refractivity contribution in [1.29, 1.82) is 0 Å². The summed E-state index contributed by atoms with van der Waals surface area (Å²) in [6.45, 7) is 3.74. The van der Waals surface area contributed by atoms with Gasteiger partial charge in [0.2, 0.25) is 5.91 Å². The number of hydrogen-bond acceptors (Lipinski definition) is 6. The molecule has 1 aliphatic heterocycles. The molecular formula is C23H21BrClFN4O3. The molecule has 0 atom stereocenters. The van der Waals surface area contributed by atoms with Gasteiger partial charge in [-0.1, -0.05) is 40.5 Å². The van der Waals surface area contributed by atoms with Crippen LogP contribution < -0.4 is 15.4 Å². The lowest BCUT2D eigenvalue weighted by molar-refractivity contribution is -0.120. The van der Waals surface area contributed by atoms with E-state index in [0.717, 1.165) is 0 Å². The van der Waals surface area contributed by atoms with Crippen LogP contribution in [0.2, 0.25) is 5.02 Å². The van der Waals surface area contributed by atoms with E-state index in [1.807, 2.05) is 0 Å². The van der Waals surface area contributed by atoms with Crippen molar-refractivity contribution in [2.45, 2.75) is 6.92 Å². The summed E-state index contributed by atoms with van der Waals surface area (Å²) in [4.78, 5) is 21.0. The number of anilines is 3. The largest absolute Gasteiger partial charge is 0.491 e. The Morgan fingerprint density at radius 2 is 2.15 bits per heavy atom. The van der Waals surface area contributed by atoms with Crippen LogP contribution in [0.3, 0.4) is 0 Å². The molecule has 33 heavy (non-hydrogen) atoms. The van der Waals surface area contributed by atoms with E-state index in [1.54, 1.807) is 24.3 Å². The number of alkyl halides is 1. The maximum absolute atomic E-state index is 13.5. The molecule has 1 amide bonds. The lowest BCUT2D eigenvalue weighted by Gasteiger charge is -2.37. The van der Waals surface area contributed by atoms with Gasteiger partial charge in [0.25, 0.3) is 0 Å². The number of amides is 1. The van der Waals surface area contributed by atoms with Gasteiger partial charge in [0.1, 0.15) is 23.7 Å². The van der Waals surface area contributed by atoms with Crippen molar-refractivity contribution in [3.63, 3.8) is 0 Å². The number of allylic oxidation sites excluding steroid dienone is 1. The molecule has 2 heterocycles. The standard InChI is InChI=1S/C23H21BrClFN4O3/c1-23(10-32-11-23)12-33-20-9-18-15(8-19(20)30-21(31)3-2-6-24)22(28-13-27-18)29-14-4-5-17(26)16(25)7-14/h2-5,7-9,13H,6,10-12H2,1H3,(H,30,31)(H,27,28,29)/b3-2+. The van der Waals surface area contributed by atoms with Gasteiger partial charge in [-0.3, -0.25) is 4.79 Å². The Kier molecular flexibility index (Phi) is 7.11. The summed E-state index contributed by atoms with van der Waals surface area (Å²) in [6.07, 6.45) is 4.54. The fraction of sp³-hybridized carbons (Fsp3) is 0.261. The van der Waals surface area contributed by atoms with Crippen molar-refractivity contribution in [3.8, 4) is 5.75 Å². The summed E-state index contributed by atoms with van der Waals surface area (Å²) >= 11 is 9.16. The van der Waals surface area contributed by atoms with Crippen LogP contribution in [0.25, 0.3) is 10.9 Å². The van der Waals surface area contributed by atoms with Crippen molar-refractivity contribution in [2.75, 3.05) is 35.8 Å². The fourth-order valence-corrected chi connectivity index (χ4v) is 3.59. The van der Waals surface area contributed by atoms with Gasteiger partial charge in [0, 0.05) is 34.0 Å². The van der Waals surface area contributed by atoms with Crippen LogP contribution in [0.5, 0.6) is 5.75 Å². The zero-order valence-corrected chi connectivity index (χ0v) is 20.0. The van der Waals surface area contributed by atoms with Crippen molar-refractivity contribution < 1.29 is 18.7 Å². The SMILES string of the molecule is CC1(COc2cc3ncnc(Nc4ccc(F)c(Cl)c4)c3cc2NC(=O)/C=C/CBr)COC1. The van der Waals surface area contributed by atoms with Gasteiger partial charge in [-0.05, 0) is 24.3 Å². The van der Waals surface area contributed by atoms with E-state index in [0.29, 0.717) is 59.0 Å². The Morgan fingerprint density at radius 3 is 2.85 bits per heavy atom. The number of carbonyl (C=O) groups excluding carboxylic acids is 1. The van der Waals surface area contributed by atoms with Crippen molar-refractivity contribution in [1.82, 2.24) is 9.97 Å². The van der Waals surface area contributed by atoms with E-state index in [1.165, 1.54) is 24.5 Å². The minimum atomic E-state index is -0.511. The zero-order valence-electron chi connectivity index (χ0n) is 17.7. The van der Waals surface area contributed by atoms with E-state index < -0.39 is 5.82 Å². The van der Waals surface area contributed by atoms with E-state index in [9.17, 15) is 9.18 Å². The van der Waals surface area contributed by atoms with E-state index in [2.05, 4.69) is 43.5 Å². The summed E-state index contributed by atoms with van der Waals surface area (Å²) in [5.74, 6) is 0.155. The molecule has 172 valence electrons. The molecule has 0 saturated carbocycles. The molecule has 0 aliphatic carbocycles. The number of rotatable bonds is 8. The third kappa shape index (κ3) is 5.61. The second-order valence-corrected chi connectivity index (χ2v) is 9.03. The Hall–Kier alpha value is -2.75. The topological polar surface area (TPSA) is 85.4 Å². The smallest absolute Gasteiger partial charge is 0.248 e. The predicted molar refractivity (Wildman–Crippen MR) is 130 cm³/mol. The van der Waals surface area contributed by atoms with Crippen LogP contribution in [0, 0.1) is 11.2 Å². The normalized spacial score (nSPS) is 14.8. The van der Waals surface area contributed by atoms with Gasteiger partial charge in [0.15, 0.2) is 0 Å². The van der Waals surface area contributed by atoms with Crippen LogP contribution in [0.1, 0.15) is 6.92 Å². The Balaban J connectivity index is 1.70. The fourth-order valence-electron chi connectivity index (χ4n) is 3.22. The predicted octanol–water partition coefficient (Wildman–Crippen LogP) is 5.47. The third-order valence-corrected chi connectivity index (χ3v) is 5.68. The molecule has 0 spiro atoms. The zero-order chi connectivity index (χ0) is 23.4. The number of hydrogen-bond donors (Lipinski definition) is 2. The number of ether oxygens (including phenoxy) is 2. The second kappa shape index (κ2) is 10.0. The average molecular weight is 536 g/mol. The van der Waals surface area contributed by atoms with E-state index in [-0.39, 0.29) is 16.3 Å². The molecule has 0 bridgehead atoms. The second-order valence-electron chi connectivity index (χ2n) is 7.98. The van der Waals surface area contributed by atoms with Crippen LogP contribution in [0.4, 0.5) is 21.6 Å². The van der Waals surface area contributed by atoms with Gasteiger partial charge in [-0.25, -0.2) is 14.4 Å². The lowest BCUT2D eigenvalue weighted by atomic mass is 9.90. The maximum Gasteiger partial charge on any atom is 0.248 e. The van der Waals surface area contributed by atoms with Gasteiger partial charge < -0.3 is 20.1 Å². The number of nitrogens with one attached hydrogen (secondary N) is 2. The molecule has 1 saturated heterocycles. The molecule has 1 aliphatic rings. The third-order valence-electron chi connectivity index (χ3n) is 5.01. The summed E-state index contributed by atoms with van der Waals surface area (Å²) in [5.41, 5.74) is 1.57. The molecule has 1 aromatic heterocycles. The molecule has 0 radical (unpaired) electrons. The average Bonchev–Trinajstić information content (AvgIpc) is 2.78. The maximum atomic E-state index is 13.5. The Bertz CT molecular complexity index is 1220. The highest BCUT2D eigenvalue weighted by Gasteiger charge is 2.34. The van der Waals surface area contributed by atoms with Gasteiger partial charge in [-0.15, -0.1) is 0 Å². The van der Waals surface area contributed by atoms with E-state index in [4.69, 9.17) is 21.1 Å². The van der Waals surface area contributed by atoms with Crippen LogP contribution >= 0.6 is 27.5 Å². The van der Waals surface area contributed by atoms with Gasteiger partial charge >= 0.3 is 0 Å². The van der Waals surface area contributed by atoms with Gasteiger partial charge in [-0.2, -0.15) is 0 Å². The Morgan fingerprint density at radius 1 is 1.33 bits per heavy atom. The summed E-state index contributed by atoms with van der Waals surface area (Å²) in [5, 5.41) is 7.19. The summed E-state index contributed by atoms with van der Waals surface area (Å²) in [6, 6.07) is 7.80. The lowest BCUT2D eigenvalue weighted by Crippen LogP contribution is -2.44. The molecule has 7 nitrogen and oxygen atoms in total. The number of halogens is 3. The number of nitrogens with zero attached hydrogens (tertiary/aromatic N) is 2. The monoisotopic (exact) mass is 534 g/mol. The number of fused-ring (bicyclic) bond motifs is 1. The first-order valence-corrected chi connectivity index (χ1v) is 11.6. The highest BCUT2D eigenvalue weighted by molar-refractivity contribution is 9.09. The molecule has 1 fully saturated rings. The summed E-state index contributed by atoms with van der Waals surface area (Å²) in [7, 11) is 0. The van der Waals surface area contributed by atoms with Crippen molar-refractivity contribution in [2.24, 2.45) is 5.41 Å². The van der Waals surface area contributed by atoms with Crippen LogP contribution in [0.15, 0.2) is 48.8 Å². The molecule has 2 aromatic carbocycles. The number of aromatic nitrogens is 2. The molecule has 10 heteroatoms. The van der Waals surface area contributed by atoms with Crippen LogP contribution in [-0.2, 0) is 9.53 Å². The first-order valence-electron chi connectivity index (χ1n) is 10.1. The highest BCUT2D eigenvalue weighted by Crippen LogP contribution is 2.36. The molecule has 0 unspecified atom stereocenters. The number of carbonyl (C=O) groups is 1. The van der Waals surface area contributed by atoms with E-state index >= 15 is 0 Å². The minimum absolute atomic E-state index is 0.00551. The number of benzene rings is 2. The van der Waals surface area contributed by atoms with Gasteiger partial charge in [0.05, 0.1) is 36.0 Å². The van der Waals surface area contributed by atoms with Crippen molar-refractivity contribution in [3.05, 3.63) is 59.7 Å². The summed E-state index contributed by atoms with van der Waals surface area (Å²) < 4.78 is 24.9. The first-order chi connectivity index (χ1) is 15.9. The first kappa shape index (κ1) is 23.4. The molecule has 4 rings (SSSR count). The molecular weight excluding hydrogens is 515 g/mol. The Labute approximate surface area is 203 Å². The quantitative estimate of drug-likeness (QED) is 0.294. The minimum Gasteiger partial charge on any atom is -0.491 e.